The van der Waals surface area contributed by atoms with Gasteiger partial charge in [-0.2, -0.15) is 0 Å². The Kier molecular flexibility index (Phi) is 6.98. The lowest BCUT2D eigenvalue weighted by molar-refractivity contribution is -0.121. The third-order valence-electron chi connectivity index (χ3n) is 4.32. The molecule has 0 unspecified atom stereocenters. The van der Waals surface area contributed by atoms with Crippen LogP contribution in [0.15, 0.2) is 89.4 Å². The van der Waals surface area contributed by atoms with Crippen LogP contribution in [0.2, 0.25) is 0 Å². The van der Waals surface area contributed by atoms with Crippen LogP contribution in [0.5, 0.6) is 0 Å². The van der Waals surface area contributed by atoms with Crippen molar-refractivity contribution in [3.8, 4) is 0 Å². The zero-order chi connectivity index (χ0) is 19.8. The Bertz CT molecular complexity index is 873. The van der Waals surface area contributed by atoms with E-state index in [-0.39, 0.29) is 30.8 Å². The molecule has 0 atom stereocenters. The lowest BCUT2D eigenvalue weighted by Crippen LogP contribution is -2.33. The average molecular weight is 437 g/mol. The summed E-state index contributed by atoms with van der Waals surface area (Å²) in [5.74, 6) is -0.309. The van der Waals surface area contributed by atoms with Crippen LogP contribution in [0.4, 0.5) is 0 Å². The van der Waals surface area contributed by atoms with E-state index in [1.54, 1.807) is 12.1 Å². The van der Waals surface area contributed by atoms with Gasteiger partial charge in [0.15, 0.2) is 0 Å². The van der Waals surface area contributed by atoms with Gasteiger partial charge in [0.25, 0.3) is 5.91 Å². The quantitative estimate of drug-likeness (QED) is 0.573. The summed E-state index contributed by atoms with van der Waals surface area (Å²) >= 11 is 3.34. The maximum absolute atomic E-state index is 12.5. The maximum atomic E-state index is 12.5. The second-order valence-electron chi connectivity index (χ2n) is 6.33. The maximum Gasteiger partial charge on any atom is 0.251 e. The number of rotatable bonds is 7. The first-order chi connectivity index (χ1) is 13.6. The van der Waals surface area contributed by atoms with E-state index in [0.717, 1.165) is 15.6 Å². The van der Waals surface area contributed by atoms with E-state index in [0.29, 0.717) is 5.56 Å². The number of carbonyl (C=O) groups is 2. The van der Waals surface area contributed by atoms with E-state index in [9.17, 15) is 9.59 Å². The van der Waals surface area contributed by atoms with Gasteiger partial charge in [-0.1, -0.05) is 76.6 Å². The fraction of sp³-hybridized carbons (Fsp3) is 0.130. The van der Waals surface area contributed by atoms with Crippen molar-refractivity contribution in [2.75, 3.05) is 6.54 Å². The molecule has 0 bridgehead atoms. The van der Waals surface area contributed by atoms with Gasteiger partial charge in [0, 0.05) is 23.0 Å². The predicted octanol–water partition coefficient (Wildman–Crippen LogP) is 4.47. The van der Waals surface area contributed by atoms with Crippen molar-refractivity contribution in [2.24, 2.45) is 0 Å². The summed E-state index contributed by atoms with van der Waals surface area (Å²) in [6, 6.07) is 26.6. The molecule has 3 aromatic rings. The van der Waals surface area contributed by atoms with Crippen LogP contribution in [0.3, 0.4) is 0 Å². The minimum atomic E-state index is -0.225. The molecular weight excluding hydrogens is 416 g/mol. The van der Waals surface area contributed by atoms with E-state index >= 15 is 0 Å². The second-order valence-corrected chi connectivity index (χ2v) is 7.25. The number of amides is 2. The van der Waals surface area contributed by atoms with Gasteiger partial charge in [0.1, 0.15) is 0 Å². The van der Waals surface area contributed by atoms with Crippen molar-refractivity contribution < 1.29 is 9.59 Å². The average Bonchev–Trinajstić information content (AvgIpc) is 2.73. The molecule has 0 saturated heterocycles. The number of halogens is 1. The highest BCUT2D eigenvalue weighted by molar-refractivity contribution is 9.10. The molecule has 0 radical (unpaired) electrons. The Labute approximate surface area is 173 Å². The third kappa shape index (κ3) is 5.54. The predicted molar refractivity (Wildman–Crippen MR) is 114 cm³/mol. The number of carbonyl (C=O) groups excluding carboxylic acids is 2. The summed E-state index contributed by atoms with van der Waals surface area (Å²) in [5, 5.41) is 5.86. The summed E-state index contributed by atoms with van der Waals surface area (Å²) < 4.78 is 0.913. The van der Waals surface area contributed by atoms with Crippen LogP contribution in [-0.4, -0.2) is 18.4 Å². The van der Waals surface area contributed by atoms with Crippen LogP contribution in [0, 0.1) is 0 Å². The first-order valence-corrected chi connectivity index (χ1v) is 9.86. The summed E-state index contributed by atoms with van der Waals surface area (Å²) in [6.45, 7) is 0.275. The Hall–Kier alpha value is -2.92. The first kappa shape index (κ1) is 19.8. The lowest BCUT2D eigenvalue weighted by Gasteiger charge is -2.20. The molecule has 0 aliphatic rings. The largest absolute Gasteiger partial charge is 0.352 e. The van der Waals surface area contributed by atoms with Crippen molar-refractivity contribution in [3.05, 3.63) is 106 Å². The second kappa shape index (κ2) is 9.85. The monoisotopic (exact) mass is 436 g/mol. The van der Waals surface area contributed by atoms with E-state index in [1.807, 2.05) is 72.8 Å². The summed E-state index contributed by atoms with van der Waals surface area (Å²) in [4.78, 5) is 24.6. The molecule has 0 aliphatic carbocycles. The van der Waals surface area contributed by atoms with Gasteiger partial charge in [-0.25, -0.2) is 0 Å². The van der Waals surface area contributed by atoms with Crippen LogP contribution >= 0.6 is 15.9 Å². The fourth-order valence-electron chi connectivity index (χ4n) is 2.88. The highest BCUT2D eigenvalue weighted by atomic mass is 79.9. The molecule has 0 spiro atoms. The van der Waals surface area contributed by atoms with Crippen molar-refractivity contribution in [1.29, 1.82) is 0 Å². The van der Waals surface area contributed by atoms with Crippen molar-refractivity contribution in [2.45, 2.75) is 12.5 Å². The van der Waals surface area contributed by atoms with Gasteiger partial charge in [-0.05, 0) is 35.4 Å². The summed E-state index contributed by atoms with van der Waals surface area (Å²) in [7, 11) is 0. The molecule has 0 aliphatic heterocycles. The molecule has 5 heteroatoms. The molecular formula is C23H21BrN2O2. The zero-order valence-electron chi connectivity index (χ0n) is 15.3. The zero-order valence-corrected chi connectivity index (χ0v) is 16.9. The van der Waals surface area contributed by atoms with Gasteiger partial charge in [0.2, 0.25) is 5.91 Å². The molecule has 2 N–H and O–H groups in total. The Morgan fingerprint density at radius 2 is 1.32 bits per heavy atom. The van der Waals surface area contributed by atoms with Crippen LogP contribution in [0.25, 0.3) is 0 Å². The highest BCUT2D eigenvalue weighted by Crippen LogP contribution is 2.21. The highest BCUT2D eigenvalue weighted by Gasteiger charge is 2.16. The van der Waals surface area contributed by atoms with Gasteiger partial charge in [0.05, 0.1) is 6.04 Å². The van der Waals surface area contributed by atoms with Crippen molar-refractivity contribution >= 4 is 27.7 Å². The summed E-state index contributed by atoms with van der Waals surface area (Å²) in [6.07, 6.45) is 0.207. The third-order valence-corrected chi connectivity index (χ3v) is 4.84. The number of nitrogens with one attached hydrogen (secondary N) is 2. The molecule has 28 heavy (non-hydrogen) atoms. The standard InChI is InChI=1S/C23H21BrN2O2/c24-20-13-11-19(12-14-20)23(28)25-16-15-21(27)26-22(17-7-3-1-4-8-17)18-9-5-2-6-10-18/h1-14,22H,15-16H2,(H,25,28)(H,26,27). The fourth-order valence-corrected chi connectivity index (χ4v) is 3.14. The first-order valence-electron chi connectivity index (χ1n) is 9.06. The molecule has 0 saturated carbocycles. The van der Waals surface area contributed by atoms with Gasteiger partial charge in [-0.15, -0.1) is 0 Å². The number of benzene rings is 3. The number of hydrogen-bond donors (Lipinski definition) is 2. The van der Waals surface area contributed by atoms with E-state index in [4.69, 9.17) is 0 Å². The number of hydrogen-bond acceptors (Lipinski definition) is 2. The molecule has 4 nitrogen and oxygen atoms in total. The smallest absolute Gasteiger partial charge is 0.251 e. The Balaban J connectivity index is 1.58. The molecule has 0 aromatic heterocycles. The lowest BCUT2D eigenvalue weighted by atomic mass is 9.98. The topological polar surface area (TPSA) is 58.2 Å². The Morgan fingerprint density at radius 3 is 1.86 bits per heavy atom. The molecule has 0 heterocycles. The molecule has 2 amide bonds. The Morgan fingerprint density at radius 1 is 0.786 bits per heavy atom. The van der Waals surface area contributed by atoms with E-state index in [1.165, 1.54) is 0 Å². The van der Waals surface area contributed by atoms with Gasteiger partial charge < -0.3 is 10.6 Å². The van der Waals surface area contributed by atoms with Crippen molar-refractivity contribution in [3.63, 3.8) is 0 Å². The van der Waals surface area contributed by atoms with E-state index in [2.05, 4.69) is 26.6 Å². The molecule has 3 rings (SSSR count). The van der Waals surface area contributed by atoms with Crippen LogP contribution in [0.1, 0.15) is 33.9 Å². The normalized spacial score (nSPS) is 10.5. The van der Waals surface area contributed by atoms with Gasteiger partial charge in [-0.3, -0.25) is 9.59 Å². The van der Waals surface area contributed by atoms with Crippen LogP contribution in [-0.2, 0) is 4.79 Å². The minimum absolute atomic E-state index is 0.117. The van der Waals surface area contributed by atoms with Gasteiger partial charge >= 0.3 is 0 Å². The molecule has 142 valence electrons. The SMILES string of the molecule is O=C(CCNC(=O)c1ccc(Br)cc1)NC(c1ccccc1)c1ccccc1. The minimum Gasteiger partial charge on any atom is -0.352 e. The van der Waals surface area contributed by atoms with Crippen molar-refractivity contribution in [1.82, 2.24) is 10.6 Å². The van der Waals surface area contributed by atoms with Crippen LogP contribution < -0.4 is 10.6 Å². The summed E-state index contributed by atoms with van der Waals surface area (Å²) in [5.41, 5.74) is 2.59. The molecule has 3 aromatic carbocycles. The van der Waals surface area contributed by atoms with E-state index < -0.39 is 0 Å². The molecule has 0 fully saturated rings.